The summed E-state index contributed by atoms with van der Waals surface area (Å²) in [7, 11) is 0. The molecule has 1 aromatic heterocycles. The van der Waals surface area contributed by atoms with E-state index in [4.69, 9.17) is 5.73 Å². The molecule has 1 aliphatic carbocycles. The molecule has 0 saturated heterocycles. The first kappa shape index (κ1) is 16.1. The van der Waals surface area contributed by atoms with E-state index in [-0.39, 0.29) is 17.9 Å². The fraction of sp³-hybridized carbons (Fsp3) is 0.412. The first-order valence-corrected chi connectivity index (χ1v) is 8.71. The summed E-state index contributed by atoms with van der Waals surface area (Å²) in [6.45, 7) is 3.98. The van der Waals surface area contributed by atoms with Gasteiger partial charge in [0.25, 0.3) is 0 Å². The lowest BCUT2D eigenvalue weighted by molar-refractivity contribution is -0.119. The van der Waals surface area contributed by atoms with Gasteiger partial charge in [-0.05, 0) is 45.2 Å². The molecule has 0 spiro atoms. The summed E-state index contributed by atoms with van der Waals surface area (Å²) >= 11 is 1.63. The monoisotopic (exact) mass is 330 g/mol. The van der Waals surface area contributed by atoms with Gasteiger partial charge in [-0.1, -0.05) is 23.9 Å². The molecular formula is C17H22N4OS. The summed E-state index contributed by atoms with van der Waals surface area (Å²) in [6, 6.07) is 8.04. The number of rotatable bonds is 4. The second-order valence-corrected chi connectivity index (χ2v) is 7.17. The van der Waals surface area contributed by atoms with Gasteiger partial charge in [0.05, 0.1) is 16.3 Å². The predicted octanol–water partition coefficient (Wildman–Crippen LogP) is 3.24. The van der Waals surface area contributed by atoms with Crippen LogP contribution >= 0.6 is 11.8 Å². The molecule has 0 aliphatic heterocycles. The normalized spacial score (nSPS) is 20.7. The van der Waals surface area contributed by atoms with Gasteiger partial charge in [-0.15, -0.1) is 0 Å². The van der Waals surface area contributed by atoms with Gasteiger partial charge in [-0.3, -0.25) is 9.89 Å². The number of aromatic nitrogens is 2. The van der Waals surface area contributed by atoms with Gasteiger partial charge in [-0.25, -0.2) is 0 Å². The highest BCUT2D eigenvalue weighted by atomic mass is 32.2. The molecule has 5 nitrogen and oxygen atoms in total. The molecule has 122 valence electrons. The van der Waals surface area contributed by atoms with Crippen LogP contribution in [0, 0.1) is 19.8 Å². The number of benzene rings is 1. The van der Waals surface area contributed by atoms with E-state index in [0.29, 0.717) is 0 Å². The minimum Gasteiger partial charge on any atom is -0.328 e. The molecule has 2 unspecified atom stereocenters. The van der Waals surface area contributed by atoms with Gasteiger partial charge in [0.15, 0.2) is 0 Å². The van der Waals surface area contributed by atoms with Gasteiger partial charge in [0, 0.05) is 22.5 Å². The molecule has 0 bridgehead atoms. The van der Waals surface area contributed by atoms with E-state index in [0.717, 1.165) is 46.1 Å². The van der Waals surface area contributed by atoms with Crippen molar-refractivity contribution in [1.82, 2.24) is 10.2 Å². The highest BCUT2D eigenvalue weighted by Crippen LogP contribution is 2.36. The SMILES string of the molecule is Cc1n[nH]c(C)c1Sc1ccccc1NC(=O)C1CCC(N)C1. The molecule has 1 saturated carbocycles. The molecule has 1 aliphatic rings. The van der Waals surface area contributed by atoms with Crippen molar-refractivity contribution in [2.24, 2.45) is 11.7 Å². The molecule has 4 N–H and O–H groups in total. The van der Waals surface area contributed by atoms with E-state index in [1.165, 1.54) is 0 Å². The van der Waals surface area contributed by atoms with Crippen molar-refractivity contribution in [3.63, 3.8) is 0 Å². The molecule has 1 amide bonds. The van der Waals surface area contributed by atoms with Gasteiger partial charge in [0.1, 0.15) is 0 Å². The fourth-order valence-electron chi connectivity index (χ4n) is 2.95. The van der Waals surface area contributed by atoms with Crippen molar-refractivity contribution in [2.75, 3.05) is 5.32 Å². The lowest BCUT2D eigenvalue weighted by Crippen LogP contribution is -2.23. The van der Waals surface area contributed by atoms with Crippen LogP contribution in [0.15, 0.2) is 34.1 Å². The number of hydrogen-bond acceptors (Lipinski definition) is 4. The lowest BCUT2D eigenvalue weighted by Gasteiger charge is -2.14. The Morgan fingerprint density at radius 1 is 1.35 bits per heavy atom. The number of nitrogens with two attached hydrogens (primary N) is 1. The summed E-state index contributed by atoms with van der Waals surface area (Å²) < 4.78 is 0. The summed E-state index contributed by atoms with van der Waals surface area (Å²) in [5, 5.41) is 10.3. The number of nitrogens with zero attached hydrogens (tertiary/aromatic N) is 1. The van der Waals surface area contributed by atoms with Crippen LogP contribution in [-0.4, -0.2) is 22.1 Å². The number of anilines is 1. The van der Waals surface area contributed by atoms with Crippen LogP contribution in [-0.2, 0) is 4.79 Å². The number of H-pyrrole nitrogens is 1. The standard InChI is InChI=1S/C17H22N4OS/c1-10-16(11(2)21-20-10)23-15-6-4-3-5-14(15)19-17(22)12-7-8-13(18)9-12/h3-6,12-13H,7-9,18H2,1-2H3,(H,19,22)(H,20,21). The summed E-state index contributed by atoms with van der Waals surface area (Å²) in [5.41, 5.74) is 8.77. The third-order valence-corrected chi connectivity index (χ3v) is 5.64. The number of carbonyl (C=O) groups is 1. The highest BCUT2D eigenvalue weighted by Gasteiger charge is 2.28. The van der Waals surface area contributed by atoms with E-state index >= 15 is 0 Å². The molecule has 3 rings (SSSR count). The topological polar surface area (TPSA) is 83.8 Å². The zero-order valence-corrected chi connectivity index (χ0v) is 14.2. The smallest absolute Gasteiger partial charge is 0.227 e. The van der Waals surface area contributed by atoms with Crippen LogP contribution in [0.2, 0.25) is 0 Å². The summed E-state index contributed by atoms with van der Waals surface area (Å²) in [6.07, 6.45) is 2.59. The van der Waals surface area contributed by atoms with Crippen molar-refractivity contribution >= 4 is 23.4 Å². The maximum absolute atomic E-state index is 12.5. The first-order chi connectivity index (χ1) is 11.0. The number of carbonyl (C=O) groups excluding carboxylic acids is 1. The van der Waals surface area contributed by atoms with Crippen molar-refractivity contribution in [3.05, 3.63) is 35.7 Å². The minimum absolute atomic E-state index is 0.0282. The first-order valence-electron chi connectivity index (χ1n) is 7.89. The van der Waals surface area contributed by atoms with Crippen LogP contribution in [0.5, 0.6) is 0 Å². The second-order valence-electron chi connectivity index (χ2n) is 6.12. The maximum atomic E-state index is 12.5. The van der Waals surface area contributed by atoms with Gasteiger partial charge >= 0.3 is 0 Å². The van der Waals surface area contributed by atoms with Crippen molar-refractivity contribution < 1.29 is 4.79 Å². The second kappa shape index (κ2) is 6.76. The average molecular weight is 330 g/mol. The molecule has 1 heterocycles. The Bertz CT molecular complexity index is 693. The number of aromatic amines is 1. The summed E-state index contributed by atoms with van der Waals surface area (Å²) in [5.74, 6) is 0.104. The largest absolute Gasteiger partial charge is 0.328 e. The quantitative estimate of drug-likeness (QED) is 0.803. The Balaban J connectivity index is 1.77. The summed E-state index contributed by atoms with van der Waals surface area (Å²) in [4.78, 5) is 14.6. The fourth-order valence-corrected chi connectivity index (χ4v) is 3.94. The van der Waals surface area contributed by atoms with Gasteiger partial charge in [0.2, 0.25) is 5.91 Å². The number of hydrogen-bond donors (Lipinski definition) is 3. The Labute approximate surface area is 140 Å². The van der Waals surface area contributed by atoms with Gasteiger partial charge in [-0.2, -0.15) is 5.10 Å². The lowest BCUT2D eigenvalue weighted by atomic mass is 10.1. The van der Waals surface area contributed by atoms with Crippen molar-refractivity contribution in [1.29, 1.82) is 0 Å². The number of amides is 1. The van der Waals surface area contributed by atoms with Crippen LogP contribution in [0.25, 0.3) is 0 Å². The van der Waals surface area contributed by atoms with E-state index in [1.807, 2.05) is 38.1 Å². The number of para-hydroxylation sites is 1. The zero-order valence-electron chi connectivity index (χ0n) is 13.4. The molecular weight excluding hydrogens is 308 g/mol. The van der Waals surface area contributed by atoms with Crippen molar-refractivity contribution in [3.8, 4) is 0 Å². The third kappa shape index (κ3) is 3.59. The van der Waals surface area contributed by atoms with Crippen LogP contribution in [0.1, 0.15) is 30.7 Å². The average Bonchev–Trinajstić information content (AvgIpc) is 3.10. The van der Waals surface area contributed by atoms with Crippen LogP contribution in [0.4, 0.5) is 5.69 Å². The Morgan fingerprint density at radius 2 is 2.13 bits per heavy atom. The molecule has 1 aromatic carbocycles. The number of aryl methyl sites for hydroxylation is 2. The van der Waals surface area contributed by atoms with E-state index in [1.54, 1.807) is 11.8 Å². The Kier molecular flexibility index (Phi) is 4.73. The van der Waals surface area contributed by atoms with Crippen LogP contribution < -0.4 is 11.1 Å². The van der Waals surface area contributed by atoms with E-state index in [2.05, 4.69) is 15.5 Å². The molecule has 6 heteroatoms. The molecule has 2 aromatic rings. The molecule has 2 atom stereocenters. The van der Waals surface area contributed by atoms with E-state index in [9.17, 15) is 4.79 Å². The molecule has 23 heavy (non-hydrogen) atoms. The van der Waals surface area contributed by atoms with E-state index < -0.39 is 0 Å². The Morgan fingerprint density at radius 3 is 2.78 bits per heavy atom. The zero-order chi connectivity index (χ0) is 16.4. The predicted molar refractivity (Wildman–Crippen MR) is 92.6 cm³/mol. The van der Waals surface area contributed by atoms with Gasteiger partial charge < -0.3 is 11.1 Å². The minimum atomic E-state index is 0.0282. The molecule has 0 radical (unpaired) electrons. The Hall–Kier alpha value is -1.79. The maximum Gasteiger partial charge on any atom is 0.227 e. The van der Waals surface area contributed by atoms with Crippen LogP contribution in [0.3, 0.4) is 0 Å². The number of nitrogens with one attached hydrogen (secondary N) is 2. The van der Waals surface area contributed by atoms with Crippen molar-refractivity contribution in [2.45, 2.75) is 48.9 Å². The third-order valence-electron chi connectivity index (χ3n) is 4.26. The molecule has 1 fully saturated rings. The highest BCUT2D eigenvalue weighted by molar-refractivity contribution is 7.99.